The van der Waals surface area contributed by atoms with E-state index in [0.29, 0.717) is 43.2 Å². The van der Waals surface area contributed by atoms with Crippen LogP contribution in [0, 0.1) is 0 Å². The molecule has 7 nitrogen and oxygen atoms in total. The molecule has 0 aliphatic carbocycles. The lowest BCUT2D eigenvalue weighted by atomic mass is 10.2. The van der Waals surface area contributed by atoms with Crippen LogP contribution in [0.1, 0.15) is 20.9 Å². The Bertz CT molecular complexity index is 676. The smallest absolute Gasteiger partial charge is 0.289 e. The molecule has 2 amide bonds. The molecule has 2 N–H and O–H groups in total. The third kappa shape index (κ3) is 2.65. The number of nitrogen functional groups attached to an aromatic ring is 1. The standard InChI is InChI=1S/C15H16N4O3/c16-12-10-17-4-3-11(12)14(20)18-5-7-19(8-6-18)15(21)13-2-1-9-22-13/h1-4,9-10H,5-8,16H2. The normalized spacial score (nSPS) is 14.9. The summed E-state index contributed by atoms with van der Waals surface area (Å²) >= 11 is 0. The van der Waals surface area contributed by atoms with Gasteiger partial charge in [0.2, 0.25) is 0 Å². The fourth-order valence-corrected chi connectivity index (χ4v) is 2.44. The van der Waals surface area contributed by atoms with Crippen molar-refractivity contribution in [2.24, 2.45) is 0 Å². The fourth-order valence-electron chi connectivity index (χ4n) is 2.44. The van der Waals surface area contributed by atoms with E-state index in [-0.39, 0.29) is 11.8 Å². The summed E-state index contributed by atoms with van der Waals surface area (Å²) in [7, 11) is 0. The summed E-state index contributed by atoms with van der Waals surface area (Å²) in [4.78, 5) is 31.8. The molecule has 0 radical (unpaired) electrons. The van der Waals surface area contributed by atoms with E-state index in [2.05, 4.69) is 4.98 Å². The third-order valence-corrected chi connectivity index (χ3v) is 3.67. The molecule has 1 fully saturated rings. The largest absolute Gasteiger partial charge is 0.459 e. The Balaban J connectivity index is 1.63. The van der Waals surface area contributed by atoms with Gasteiger partial charge in [-0.15, -0.1) is 0 Å². The minimum Gasteiger partial charge on any atom is -0.459 e. The highest BCUT2D eigenvalue weighted by Crippen LogP contribution is 2.15. The molecular weight excluding hydrogens is 284 g/mol. The SMILES string of the molecule is Nc1cnccc1C(=O)N1CCN(C(=O)c2ccco2)CC1. The number of amides is 2. The summed E-state index contributed by atoms with van der Waals surface area (Å²) in [6.45, 7) is 1.87. The average Bonchev–Trinajstić information content (AvgIpc) is 3.09. The lowest BCUT2D eigenvalue weighted by molar-refractivity contribution is 0.0518. The van der Waals surface area contributed by atoms with Gasteiger partial charge >= 0.3 is 0 Å². The van der Waals surface area contributed by atoms with Crippen LogP contribution in [0.25, 0.3) is 0 Å². The van der Waals surface area contributed by atoms with E-state index in [1.807, 2.05) is 0 Å². The van der Waals surface area contributed by atoms with Crippen LogP contribution in [0.3, 0.4) is 0 Å². The number of hydrogen-bond donors (Lipinski definition) is 1. The molecule has 114 valence electrons. The molecule has 2 aromatic heterocycles. The highest BCUT2D eigenvalue weighted by atomic mass is 16.3. The first kappa shape index (κ1) is 14.1. The van der Waals surface area contributed by atoms with Crippen molar-refractivity contribution in [2.45, 2.75) is 0 Å². The molecule has 1 aliphatic heterocycles. The van der Waals surface area contributed by atoms with E-state index in [4.69, 9.17) is 10.2 Å². The molecule has 22 heavy (non-hydrogen) atoms. The van der Waals surface area contributed by atoms with Crippen molar-refractivity contribution in [3.05, 3.63) is 48.2 Å². The summed E-state index contributed by atoms with van der Waals surface area (Å²) in [5, 5.41) is 0. The van der Waals surface area contributed by atoms with E-state index >= 15 is 0 Å². The Kier molecular flexibility index (Phi) is 3.78. The van der Waals surface area contributed by atoms with E-state index in [1.54, 1.807) is 34.2 Å². The van der Waals surface area contributed by atoms with Crippen LogP contribution in [-0.4, -0.2) is 52.8 Å². The molecule has 1 saturated heterocycles. The first-order valence-corrected chi connectivity index (χ1v) is 6.98. The summed E-state index contributed by atoms with van der Waals surface area (Å²) in [6.07, 6.45) is 4.48. The van der Waals surface area contributed by atoms with Crippen molar-refractivity contribution in [1.82, 2.24) is 14.8 Å². The number of nitrogens with zero attached hydrogens (tertiary/aromatic N) is 3. The van der Waals surface area contributed by atoms with Crippen molar-refractivity contribution in [3.63, 3.8) is 0 Å². The molecule has 1 aliphatic rings. The van der Waals surface area contributed by atoms with Gasteiger partial charge in [-0.3, -0.25) is 14.6 Å². The van der Waals surface area contributed by atoms with Crippen molar-refractivity contribution < 1.29 is 14.0 Å². The number of aromatic nitrogens is 1. The maximum absolute atomic E-state index is 12.4. The molecule has 3 heterocycles. The Labute approximate surface area is 127 Å². The lowest BCUT2D eigenvalue weighted by Gasteiger charge is -2.34. The van der Waals surface area contributed by atoms with Crippen LogP contribution in [0.5, 0.6) is 0 Å². The summed E-state index contributed by atoms with van der Waals surface area (Å²) < 4.78 is 5.11. The molecular formula is C15H16N4O3. The quantitative estimate of drug-likeness (QED) is 0.887. The van der Waals surface area contributed by atoms with Gasteiger partial charge in [-0.05, 0) is 18.2 Å². The molecule has 0 bridgehead atoms. The minimum absolute atomic E-state index is 0.134. The number of carbonyl (C=O) groups excluding carboxylic acids is 2. The Morgan fingerprint density at radius 1 is 1.09 bits per heavy atom. The second-order valence-corrected chi connectivity index (χ2v) is 5.02. The van der Waals surface area contributed by atoms with Crippen molar-refractivity contribution in [3.8, 4) is 0 Å². The van der Waals surface area contributed by atoms with Crippen LogP contribution >= 0.6 is 0 Å². The number of rotatable bonds is 2. The fraction of sp³-hybridized carbons (Fsp3) is 0.267. The molecule has 2 aromatic rings. The van der Waals surface area contributed by atoms with Gasteiger partial charge in [0.25, 0.3) is 11.8 Å². The molecule has 0 unspecified atom stereocenters. The summed E-state index contributed by atoms with van der Waals surface area (Å²) in [5.41, 5.74) is 6.59. The molecule has 0 spiro atoms. The second-order valence-electron chi connectivity index (χ2n) is 5.02. The Hall–Kier alpha value is -2.83. The summed E-state index contributed by atoms with van der Waals surface area (Å²) in [6, 6.07) is 4.93. The number of furan rings is 1. The first-order valence-electron chi connectivity index (χ1n) is 6.98. The topological polar surface area (TPSA) is 92.7 Å². The molecule has 0 saturated carbocycles. The highest BCUT2D eigenvalue weighted by molar-refractivity contribution is 5.99. The van der Waals surface area contributed by atoms with Gasteiger partial charge in [-0.25, -0.2) is 0 Å². The maximum atomic E-state index is 12.4. The highest BCUT2D eigenvalue weighted by Gasteiger charge is 2.27. The van der Waals surface area contributed by atoms with Gasteiger partial charge < -0.3 is 20.0 Å². The average molecular weight is 300 g/mol. The van der Waals surface area contributed by atoms with E-state index in [0.717, 1.165) is 0 Å². The molecule has 7 heteroatoms. The van der Waals surface area contributed by atoms with Crippen LogP contribution in [0.2, 0.25) is 0 Å². The molecule has 3 rings (SSSR count). The van der Waals surface area contributed by atoms with Gasteiger partial charge in [0.1, 0.15) is 0 Å². The van der Waals surface area contributed by atoms with Gasteiger partial charge in [0.15, 0.2) is 5.76 Å². The van der Waals surface area contributed by atoms with Crippen LogP contribution < -0.4 is 5.73 Å². The van der Waals surface area contributed by atoms with Crippen molar-refractivity contribution >= 4 is 17.5 Å². The van der Waals surface area contributed by atoms with Gasteiger partial charge in [-0.2, -0.15) is 0 Å². The lowest BCUT2D eigenvalue weighted by Crippen LogP contribution is -2.50. The Morgan fingerprint density at radius 2 is 1.77 bits per heavy atom. The second kappa shape index (κ2) is 5.88. The van der Waals surface area contributed by atoms with Crippen LogP contribution in [-0.2, 0) is 0 Å². The van der Waals surface area contributed by atoms with Gasteiger partial charge in [-0.1, -0.05) is 0 Å². The van der Waals surface area contributed by atoms with Crippen LogP contribution in [0.15, 0.2) is 41.3 Å². The maximum Gasteiger partial charge on any atom is 0.289 e. The summed E-state index contributed by atoms with van der Waals surface area (Å²) in [5.74, 6) is 0.0312. The van der Waals surface area contributed by atoms with Gasteiger partial charge in [0, 0.05) is 32.4 Å². The zero-order valence-electron chi connectivity index (χ0n) is 11.9. The Morgan fingerprint density at radius 3 is 2.36 bits per heavy atom. The number of carbonyl (C=O) groups is 2. The molecule has 0 atom stereocenters. The first-order chi connectivity index (χ1) is 10.7. The van der Waals surface area contributed by atoms with Gasteiger partial charge in [0.05, 0.1) is 23.7 Å². The predicted octanol–water partition coefficient (Wildman–Crippen LogP) is 0.855. The zero-order valence-corrected chi connectivity index (χ0v) is 11.9. The van der Waals surface area contributed by atoms with E-state index in [1.165, 1.54) is 12.5 Å². The third-order valence-electron chi connectivity index (χ3n) is 3.67. The minimum atomic E-state index is -0.152. The van der Waals surface area contributed by atoms with Crippen LogP contribution in [0.4, 0.5) is 5.69 Å². The number of anilines is 1. The predicted molar refractivity (Wildman–Crippen MR) is 79.2 cm³/mol. The number of pyridine rings is 1. The van der Waals surface area contributed by atoms with E-state index < -0.39 is 0 Å². The molecule has 0 aromatic carbocycles. The number of piperazine rings is 1. The van der Waals surface area contributed by atoms with Crippen molar-refractivity contribution in [1.29, 1.82) is 0 Å². The monoisotopic (exact) mass is 300 g/mol. The zero-order chi connectivity index (χ0) is 15.5. The number of nitrogens with two attached hydrogens (primary N) is 1. The van der Waals surface area contributed by atoms with E-state index in [9.17, 15) is 9.59 Å². The van der Waals surface area contributed by atoms with Crippen molar-refractivity contribution in [2.75, 3.05) is 31.9 Å². The number of hydrogen-bond acceptors (Lipinski definition) is 5.